The summed E-state index contributed by atoms with van der Waals surface area (Å²) in [5, 5.41) is 12.0. The zero-order chi connectivity index (χ0) is 12.0. The molecule has 0 heterocycles. The van der Waals surface area contributed by atoms with Gasteiger partial charge in [-0.3, -0.25) is 0 Å². The van der Waals surface area contributed by atoms with E-state index >= 15 is 0 Å². The van der Waals surface area contributed by atoms with E-state index in [1.807, 2.05) is 0 Å². The largest absolute Gasteiger partial charge is 0.478 e. The molecule has 0 aromatic heterocycles. The van der Waals surface area contributed by atoms with Gasteiger partial charge in [-0.05, 0) is 17.7 Å². The highest BCUT2D eigenvalue weighted by Crippen LogP contribution is 2.15. The summed E-state index contributed by atoms with van der Waals surface area (Å²) in [6.07, 6.45) is 2.68. The number of azide groups is 1. The number of hydrogen-bond donors (Lipinski definition) is 1. The van der Waals surface area contributed by atoms with E-state index in [2.05, 4.69) is 10.0 Å². The van der Waals surface area contributed by atoms with E-state index in [0.717, 1.165) is 0 Å². The molecule has 82 valence electrons. The Morgan fingerprint density at radius 1 is 1.62 bits per heavy atom. The van der Waals surface area contributed by atoms with Crippen LogP contribution in [0.1, 0.15) is 15.9 Å². The van der Waals surface area contributed by atoms with Gasteiger partial charge in [-0.15, -0.1) is 0 Å². The van der Waals surface area contributed by atoms with Crippen molar-refractivity contribution in [1.82, 2.24) is 0 Å². The fourth-order valence-electron chi connectivity index (χ4n) is 1.15. The summed E-state index contributed by atoms with van der Waals surface area (Å²) in [4.78, 5) is 13.3. The number of carboxylic acids is 1. The molecule has 0 bridgehead atoms. The second-order valence-electron chi connectivity index (χ2n) is 2.82. The molecule has 0 aliphatic carbocycles. The smallest absolute Gasteiger partial charge is 0.336 e. The minimum atomic E-state index is -1.21. The predicted molar refractivity (Wildman–Crippen MR) is 56.4 cm³/mol. The van der Waals surface area contributed by atoms with Gasteiger partial charge < -0.3 is 5.11 Å². The van der Waals surface area contributed by atoms with Crippen LogP contribution in [0.3, 0.4) is 0 Å². The topological polar surface area (TPSA) is 86.1 Å². The van der Waals surface area contributed by atoms with Gasteiger partial charge >= 0.3 is 5.97 Å². The normalized spacial score (nSPS) is 10.1. The van der Waals surface area contributed by atoms with Crippen molar-refractivity contribution in [2.24, 2.45) is 5.11 Å². The van der Waals surface area contributed by atoms with E-state index in [0.29, 0.717) is 0 Å². The Labute approximate surface area is 90.5 Å². The third kappa shape index (κ3) is 2.83. The first-order chi connectivity index (χ1) is 7.66. The average molecular weight is 221 g/mol. The van der Waals surface area contributed by atoms with Crippen molar-refractivity contribution in [3.63, 3.8) is 0 Å². The number of benzene rings is 1. The number of nitrogens with zero attached hydrogens (tertiary/aromatic N) is 3. The van der Waals surface area contributed by atoms with E-state index in [4.69, 9.17) is 10.6 Å². The second-order valence-corrected chi connectivity index (χ2v) is 2.82. The van der Waals surface area contributed by atoms with Crippen molar-refractivity contribution < 1.29 is 14.3 Å². The van der Waals surface area contributed by atoms with Crippen molar-refractivity contribution in [2.75, 3.05) is 6.54 Å². The van der Waals surface area contributed by atoms with Crippen LogP contribution in [-0.4, -0.2) is 17.6 Å². The molecular formula is C10H8FN3O2. The SMILES string of the molecule is [N-]=[N+]=NCC=Cc1c(F)cccc1C(=O)O. The molecule has 0 aliphatic heterocycles. The van der Waals surface area contributed by atoms with E-state index in [9.17, 15) is 9.18 Å². The maximum absolute atomic E-state index is 13.3. The Hall–Kier alpha value is -2.33. The summed E-state index contributed by atoms with van der Waals surface area (Å²) in [5.41, 5.74) is 7.86. The van der Waals surface area contributed by atoms with Gasteiger partial charge in [0.25, 0.3) is 0 Å². The van der Waals surface area contributed by atoms with Crippen molar-refractivity contribution >= 4 is 12.0 Å². The molecule has 5 nitrogen and oxygen atoms in total. The van der Waals surface area contributed by atoms with E-state index in [1.165, 1.54) is 30.4 Å². The first-order valence-electron chi connectivity index (χ1n) is 4.36. The Kier molecular flexibility index (Phi) is 4.06. The van der Waals surface area contributed by atoms with Crippen LogP contribution in [0.2, 0.25) is 0 Å². The minimum Gasteiger partial charge on any atom is -0.478 e. The van der Waals surface area contributed by atoms with Crippen LogP contribution in [0.25, 0.3) is 16.5 Å². The Balaban J connectivity index is 3.05. The van der Waals surface area contributed by atoms with Crippen LogP contribution in [-0.2, 0) is 0 Å². The molecule has 0 saturated heterocycles. The van der Waals surface area contributed by atoms with E-state index in [1.54, 1.807) is 0 Å². The Bertz CT molecular complexity index is 479. The lowest BCUT2D eigenvalue weighted by molar-refractivity contribution is 0.0696. The van der Waals surface area contributed by atoms with Gasteiger partial charge in [-0.25, -0.2) is 9.18 Å². The minimum absolute atomic E-state index is 0.0249. The average Bonchev–Trinajstić information content (AvgIpc) is 2.25. The van der Waals surface area contributed by atoms with Crippen molar-refractivity contribution in [3.8, 4) is 0 Å². The number of hydrogen-bond acceptors (Lipinski definition) is 2. The standard InChI is InChI=1S/C10H8FN3O2/c11-9-5-1-3-8(10(15)16)7(9)4-2-6-13-14-12/h1-5H,6H2,(H,15,16). The molecule has 0 fully saturated rings. The summed E-state index contributed by atoms with van der Waals surface area (Å²) in [6.45, 7) is 0.0455. The monoisotopic (exact) mass is 221 g/mol. The highest BCUT2D eigenvalue weighted by Gasteiger charge is 2.10. The molecule has 6 heteroatoms. The van der Waals surface area contributed by atoms with Gasteiger partial charge in [0.15, 0.2) is 0 Å². The molecule has 0 saturated carbocycles. The van der Waals surface area contributed by atoms with Gasteiger partial charge in [0.05, 0.1) is 5.56 Å². The first-order valence-corrected chi connectivity index (χ1v) is 4.36. The molecule has 1 N–H and O–H groups in total. The maximum atomic E-state index is 13.3. The third-order valence-electron chi connectivity index (χ3n) is 1.82. The predicted octanol–water partition coefficient (Wildman–Crippen LogP) is 2.85. The van der Waals surface area contributed by atoms with Crippen LogP contribution in [0.5, 0.6) is 0 Å². The van der Waals surface area contributed by atoms with Crippen LogP contribution in [0, 0.1) is 5.82 Å². The molecule has 16 heavy (non-hydrogen) atoms. The first kappa shape index (κ1) is 11.7. The molecule has 0 spiro atoms. The lowest BCUT2D eigenvalue weighted by atomic mass is 10.1. The molecular weight excluding hydrogens is 213 g/mol. The summed E-state index contributed by atoms with van der Waals surface area (Å²) in [7, 11) is 0. The highest BCUT2D eigenvalue weighted by atomic mass is 19.1. The van der Waals surface area contributed by atoms with Gasteiger partial charge in [-0.2, -0.15) is 0 Å². The lowest BCUT2D eigenvalue weighted by Gasteiger charge is -2.01. The van der Waals surface area contributed by atoms with E-state index in [-0.39, 0.29) is 17.7 Å². The van der Waals surface area contributed by atoms with Crippen molar-refractivity contribution in [1.29, 1.82) is 0 Å². The van der Waals surface area contributed by atoms with E-state index < -0.39 is 11.8 Å². The number of rotatable bonds is 4. The second kappa shape index (κ2) is 5.53. The summed E-state index contributed by atoms with van der Waals surface area (Å²) in [6, 6.07) is 3.79. The van der Waals surface area contributed by atoms with Gasteiger partial charge in [-0.1, -0.05) is 23.3 Å². The number of aromatic carboxylic acids is 1. The number of carboxylic acid groups (broad SMARTS) is 1. The molecule has 1 rings (SSSR count). The molecule has 1 aromatic carbocycles. The summed E-state index contributed by atoms with van der Waals surface area (Å²) in [5.74, 6) is -1.83. The van der Waals surface area contributed by atoms with Crippen molar-refractivity contribution in [2.45, 2.75) is 0 Å². The molecule has 0 radical (unpaired) electrons. The zero-order valence-corrected chi connectivity index (χ0v) is 8.17. The van der Waals surface area contributed by atoms with Crippen molar-refractivity contribution in [3.05, 3.63) is 51.7 Å². The summed E-state index contributed by atoms with van der Waals surface area (Å²) >= 11 is 0. The third-order valence-corrected chi connectivity index (χ3v) is 1.82. The maximum Gasteiger partial charge on any atom is 0.336 e. The van der Waals surface area contributed by atoms with Gasteiger partial charge in [0.2, 0.25) is 0 Å². The summed E-state index contributed by atoms with van der Waals surface area (Å²) < 4.78 is 13.3. The van der Waals surface area contributed by atoms with Crippen LogP contribution < -0.4 is 0 Å². The fraction of sp³-hybridized carbons (Fsp3) is 0.100. The lowest BCUT2D eigenvalue weighted by Crippen LogP contribution is -2.01. The molecule has 0 aliphatic rings. The zero-order valence-electron chi connectivity index (χ0n) is 8.17. The van der Waals surface area contributed by atoms with Gasteiger partial charge in [0, 0.05) is 17.0 Å². The Morgan fingerprint density at radius 3 is 3.00 bits per heavy atom. The van der Waals surface area contributed by atoms with Crippen LogP contribution in [0.4, 0.5) is 4.39 Å². The highest BCUT2D eigenvalue weighted by molar-refractivity contribution is 5.92. The Morgan fingerprint density at radius 2 is 2.38 bits per heavy atom. The van der Waals surface area contributed by atoms with Crippen LogP contribution in [0.15, 0.2) is 29.4 Å². The number of halogens is 1. The fourth-order valence-corrected chi connectivity index (χ4v) is 1.15. The molecule has 1 aromatic rings. The quantitative estimate of drug-likeness (QED) is 0.481. The number of carbonyl (C=O) groups is 1. The molecule has 0 atom stereocenters. The van der Waals surface area contributed by atoms with Crippen LogP contribution >= 0.6 is 0 Å². The van der Waals surface area contributed by atoms with Gasteiger partial charge in [0.1, 0.15) is 5.82 Å². The molecule has 0 amide bonds. The molecule has 0 unspecified atom stereocenters.